The van der Waals surface area contributed by atoms with Crippen molar-refractivity contribution in [1.82, 2.24) is 5.06 Å². The van der Waals surface area contributed by atoms with Crippen LogP contribution in [0.3, 0.4) is 0 Å². The van der Waals surface area contributed by atoms with E-state index >= 15 is 0 Å². The fourth-order valence-corrected chi connectivity index (χ4v) is 3.70. The largest absolute Gasteiger partial charge is 0.492 e. The molecule has 0 amide bonds. The van der Waals surface area contributed by atoms with Crippen LogP contribution in [0, 0.1) is 5.82 Å². The minimum atomic E-state index is -5.10. The van der Waals surface area contributed by atoms with E-state index in [0.29, 0.717) is 16.9 Å². The summed E-state index contributed by atoms with van der Waals surface area (Å²) < 4.78 is 64.3. The Morgan fingerprint density at radius 2 is 2.00 bits per heavy atom. The van der Waals surface area contributed by atoms with E-state index in [1.807, 2.05) is 0 Å². The van der Waals surface area contributed by atoms with Crippen molar-refractivity contribution >= 4 is 17.6 Å². The zero-order valence-corrected chi connectivity index (χ0v) is 16.8. The van der Waals surface area contributed by atoms with Crippen molar-refractivity contribution < 1.29 is 36.7 Å². The van der Waals surface area contributed by atoms with E-state index in [0.717, 1.165) is 11.1 Å². The smallest absolute Gasteiger partial charge is 0.458 e. The number of hydrogen-bond acceptors (Lipinski definition) is 5. The molecule has 0 bridgehead atoms. The molecule has 2 aromatic rings. The molecule has 2 unspecified atom stereocenters. The van der Waals surface area contributed by atoms with Gasteiger partial charge in [-0.15, -0.1) is 5.06 Å². The van der Waals surface area contributed by atoms with Gasteiger partial charge in [-0.1, -0.05) is 35.9 Å². The van der Waals surface area contributed by atoms with Crippen molar-refractivity contribution in [1.29, 1.82) is 0 Å². The highest BCUT2D eigenvalue weighted by atomic mass is 35.5. The van der Waals surface area contributed by atoms with Crippen molar-refractivity contribution in [2.24, 2.45) is 0 Å². The van der Waals surface area contributed by atoms with Gasteiger partial charge in [0.2, 0.25) is 5.79 Å². The Balaban J connectivity index is 1.62. The van der Waals surface area contributed by atoms with Crippen molar-refractivity contribution in [3.8, 4) is 5.75 Å². The number of carbonyl (C=O) groups is 1. The summed E-state index contributed by atoms with van der Waals surface area (Å²) in [6, 6.07) is 11.0. The first kappa shape index (κ1) is 21.6. The molecule has 5 nitrogen and oxygen atoms in total. The third kappa shape index (κ3) is 4.26. The molecule has 0 aromatic heterocycles. The Hall–Kier alpha value is -2.62. The number of para-hydroxylation sites is 1. The minimum absolute atomic E-state index is 0.0495. The van der Waals surface area contributed by atoms with Crippen molar-refractivity contribution in [2.45, 2.75) is 25.0 Å². The number of ether oxygens (including phenoxy) is 2. The number of fused-ring (bicyclic) bond motifs is 1. The molecule has 2 aliphatic heterocycles. The summed E-state index contributed by atoms with van der Waals surface area (Å²) in [6.07, 6.45) is -4.26. The third-order valence-corrected chi connectivity index (χ3v) is 5.20. The maximum atomic E-state index is 14.6. The van der Waals surface area contributed by atoms with Gasteiger partial charge in [0, 0.05) is 17.5 Å². The molecular formula is C21H16ClF4NO4. The summed E-state index contributed by atoms with van der Waals surface area (Å²) in [4.78, 5) is 15.5. The summed E-state index contributed by atoms with van der Waals surface area (Å²) in [7, 11) is 0. The Morgan fingerprint density at radius 3 is 2.71 bits per heavy atom. The van der Waals surface area contributed by atoms with E-state index in [1.54, 1.807) is 37.3 Å². The van der Waals surface area contributed by atoms with Crippen LogP contribution in [0.25, 0.3) is 0 Å². The van der Waals surface area contributed by atoms with Gasteiger partial charge in [-0.25, -0.2) is 9.18 Å². The monoisotopic (exact) mass is 457 g/mol. The van der Waals surface area contributed by atoms with Crippen LogP contribution in [0.15, 0.2) is 54.1 Å². The number of nitrogens with zero attached hydrogens (tertiary/aromatic N) is 1. The predicted molar refractivity (Wildman–Crippen MR) is 101 cm³/mol. The highest BCUT2D eigenvalue weighted by molar-refractivity contribution is 6.30. The zero-order chi connectivity index (χ0) is 22.4. The van der Waals surface area contributed by atoms with Crippen LogP contribution in [0.5, 0.6) is 5.75 Å². The van der Waals surface area contributed by atoms with Crippen molar-refractivity contribution in [3.63, 3.8) is 0 Å². The predicted octanol–water partition coefficient (Wildman–Crippen LogP) is 5.06. The number of hydrogen-bond donors (Lipinski definition) is 0. The molecule has 164 valence electrons. The van der Waals surface area contributed by atoms with Gasteiger partial charge in [-0.05, 0) is 29.8 Å². The first-order valence-electron chi connectivity index (χ1n) is 9.21. The van der Waals surface area contributed by atoms with Crippen LogP contribution in [-0.2, 0) is 20.2 Å². The van der Waals surface area contributed by atoms with Crippen LogP contribution in [0.2, 0.25) is 5.02 Å². The molecule has 2 heterocycles. The normalized spacial score (nSPS) is 23.7. The number of hydroxylamine groups is 2. The lowest BCUT2D eigenvalue weighted by atomic mass is 9.97. The van der Waals surface area contributed by atoms with E-state index in [1.165, 1.54) is 12.1 Å². The molecule has 0 radical (unpaired) electrons. The summed E-state index contributed by atoms with van der Waals surface area (Å²) in [5, 5.41) is 1.09. The van der Waals surface area contributed by atoms with Crippen LogP contribution in [-0.4, -0.2) is 30.3 Å². The van der Waals surface area contributed by atoms with Crippen LogP contribution >= 0.6 is 11.6 Å². The van der Waals surface area contributed by atoms with Gasteiger partial charge >= 0.3 is 12.1 Å². The molecule has 10 heteroatoms. The molecule has 2 atom stereocenters. The zero-order valence-electron chi connectivity index (χ0n) is 16.1. The van der Waals surface area contributed by atoms with Crippen LogP contribution in [0.4, 0.5) is 17.6 Å². The average Bonchev–Trinajstić information content (AvgIpc) is 3.14. The lowest BCUT2D eigenvalue weighted by molar-refractivity contribution is -0.236. The Morgan fingerprint density at radius 1 is 1.26 bits per heavy atom. The number of carbonyl (C=O) groups excluding carboxylic acids is 1. The van der Waals surface area contributed by atoms with E-state index in [-0.39, 0.29) is 23.7 Å². The first-order valence-corrected chi connectivity index (χ1v) is 9.59. The average molecular weight is 458 g/mol. The first-order chi connectivity index (χ1) is 14.6. The summed E-state index contributed by atoms with van der Waals surface area (Å²) in [5.41, 5.74) is 1.27. The summed E-state index contributed by atoms with van der Waals surface area (Å²) in [5.74, 6) is -4.04. The van der Waals surface area contributed by atoms with Gasteiger partial charge in [-0.3, -0.25) is 0 Å². The minimum Gasteiger partial charge on any atom is -0.458 e. The maximum Gasteiger partial charge on any atom is 0.492 e. The molecule has 4 rings (SSSR count). The quantitative estimate of drug-likeness (QED) is 0.476. The van der Waals surface area contributed by atoms with E-state index in [4.69, 9.17) is 21.1 Å². The lowest BCUT2D eigenvalue weighted by Gasteiger charge is -2.41. The fourth-order valence-electron chi connectivity index (χ4n) is 3.54. The third-order valence-electron chi connectivity index (χ3n) is 4.97. The molecule has 0 aliphatic carbocycles. The Kier molecular flexibility index (Phi) is 5.45. The molecule has 0 saturated heterocycles. The van der Waals surface area contributed by atoms with Gasteiger partial charge in [0.1, 0.15) is 17.7 Å². The molecular weight excluding hydrogens is 442 g/mol. The molecule has 0 spiro atoms. The van der Waals surface area contributed by atoms with Crippen molar-refractivity contribution in [2.75, 3.05) is 13.1 Å². The summed E-state index contributed by atoms with van der Waals surface area (Å²) >= 11 is 5.85. The number of halogens is 5. The van der Waals surface area contributed by atoms with Crippen LogP contribution < -0.4 is 4.74 Å². The second-order valence-corrected chi connectivity index (χ2v) is 7.62. The van der Waals surface area contributed by atoms with Gasteiger partial charge < -0.3 is 14.3 Å². The Labute approximate surface area is 179 Å². The SMILES string of the molecule is CC1(c2ccc(Cl)cc2F)Oc2ccccc2C(C2=CCN(OC(=O)C(F)(F)F)C2)O1. The fraction of sp³-hybridized carbons (Fsp3) is 0.286. The highest BCUT2D eigenvalue weighted by Gasteiger charge is 2.45. The summed E-state index contributed by atoms with van der Waals surface area (Å²) in [6.45, 7) is 1.38. The topological polar surface area (TPSA) is 48.0 Å². The van der Waals surface area contributed by atoms with E-state index in [2.05, 4.69) is 4.84 Å². The molecule has 31 heavy (non-hydrogen) atoms. The second kappa shape index (κ2) is 7.81. The van der Waals surface area contributed by atoms with Gasteiger partial charge in [0.25, 0.3) is 0 Å². The standard InChI is InChI=1S/C21H16ClF4NO4/c1-20(15-7-6-13(22)10-16(15)23)29-17-5-3-2-4-14(17)18(30-20)12-8-9-27(11-12)31-19(28)21(24,25)26/h2-8,10,18H,9,11H2,1H3. The molecule has 0 saturated carbocycles. The second-order valence-electron chi connectivity index (χ2n) is 7.19. The highest BCUT2D eigenvalue weighted by Crippen LogP contribution is 2.47. The number of alkyl halides is 3. The van der Waals surface area contributed by atoms with E-state index < -0.39 is 29.9 Å². The maximum absolute atomic E-state index is 14.6. The lowest BCUT2D eigenvalue weighted by Crippen LogP contribution is -2.40. The molecule has 0 fully saturated rings. The molecule has 0 N–H and O–H groups in total. The number of benzene rings is 2. The van der Waals surface area contributed by atoms with Crippen molar-refractivity contribution in [3.05, 3.63) is 76.1 Å². The molecule has 2 aliphatic rings. The van der Waals surface area contributed by atoms with E-state index in [9.17, 15) is 22.4 Å². The van der Waals surface area contributed by atoms with Gasteiger partial charge in [-0.2, -0.15) is 13.2 Å². The van der Waals surface area contributed by atoms with Crippen LogP contribution in [0.1, 0.15) is 24.2 Å². The van der Waals surface area contributed by atoms with Gasteiger partial charge in [0.15, 0.2) is 0 Å². The number of rotatable bonds is 3. The Bertz CT molecular complexity index is 1060. The van der Waals surface area contributed by atoms with Gasteiger partial charge in [0.05, 0.1) is 18.7 Å². The molecule has 2 aromatic carbocycles.